The fourth-order valence-corrected chi connectivity index (χ4v) is 2.21. The molecule has 7 heteroatoms. The maximum absolute atomic E-state index is 11.0. The minimum absolute atomic E-state index is 0.0901. The van der Waals surface area contributed by atoms with Crippen molar-refractivity contribution in [1.82, 2.24) is 4.98 Å². The second-order valence-corrected chi connectivity index (χ2v) is 7.59. The van der Waals surface area contributed by atoms with Crippen LogP contribution >= 0.6 is 0 Å². The number of nitrogens with zero attached hydrogens (tertiary/aromatic N) is 1. The van der Waals surface area contributed by atoms with Crippen molar-refractivity contribution >= 4 is 15.6 Å². The Morgan fingerprint density at radius 2 is 1.85 bits per heavy atom. The van der Waals surface area contributed by atoms with Crippen molar-refractivity contribution < 1.29 is 22.7 Å². The van der Waals surface area contributed by atoms with Gasteiger partial charge in [-0.25, -0.2) is 13.4 Å². The van der Waals surface area contributed by atoms with Crippen LogP contribution in [0.3, 0.4) is 0 Å². The smallest absolute Gasteiger partial charge is 0.192 e. The summed E-state index contributed by atoms with van der Waals surface area (Å²) >= 11 is 0. The SMILES string of the molecule is CC.CCC(=O)CCCOC(C)C.COCc1ccc(S(C)(=O)=O)nc1. The number of ether oxygens (including phenoxy) is 2. The number of rotatable bonds is 9. The molecule has 26 heavy (non-hydrogen) atoms. The summed E-state index contributed by atoms with van der Waals surface area (Å²) in [5.74, 6) is 0.331. The summed E-state index contributed by atoms with van der Waals surface area (Å²) in [6, 6.07) is 3.16. The highest BCUT2D eigenvalue weighted by Crippen LogP contribution is 2.06. The van der Waals surface area contributed by atoms with Crippen LogP contribution in [0.25, 0.3) is 0 Å². The Morgan fingerprint density at radius 1 is 1.23 bits per heavy atom. The number of hydrogen-bond acceptors (Lipinski definition) is 6. The van der Waals surface area contributed by atoms with E-state index in [1.165, 1.54) is 12.3 Å². The Labute approximate surface area is 159 Å². The van der Waals surface area contributed by atoms with Crippen LogP contribution in [-0.4, -0.2) is 45.3 Å². The average Bonchev–Trinajstić information content (AvgIpc) is 2.60. The molecule has 6 nitrogen and oxygen atoms in total. The number of sulfone groups is 1. The van der Waals surface area contributed by atoms with Crippen molar-refractivity contribution in [3.63, 3.8) is 0 Å². The number of pyridine rings is 1. The fourth-order valence-electron chi connectivity index (χ4n) is 1.65. The van der Waals surface area contributed by atoms with Gasteiger partial charge in [0.2, 0.25) is 0 Å². The van der Waals surface area contributed by atoms with E-state index in [0.29, 0.717) is 31.8 Å². The van der Waals surface area contributed by atoms with E-state index in [0.717, 1.165) is 18.2 Å². The topological polar surface area (TPSA) is 82.6 Å². The summed E-state index contributed by atoms with van der Waals surface area (Å²) in [6.45, 7) is 11.1. The molecule has 0 spiro atoms. The van der Waals surface area contributed by atoms with Crippen LogP contribution in [0.15, 0.2) is 23.4 Å². The third-order valence-corrected chi connectivity index (χ3v) is 3.94. The van der Waals surface area contributed by atoms with Gasteiger partial charge in [0.05, 0.1) is 12.7 Å². The van der Waals surface area contributed by atoms with Crippen molar-refractivity contribution in [3.05, 3.63) is 23.9 Å². The predicted molar refractivity (Wildman–Crippen MR) is 105 cm³/mol. The number of methoxy groups -OCH3 is 1. The minimum Gasteiger partial charge on any atom is -0.380 e. The van der Waals surface area contributed by atoms with E-state index in [-0.39, 0.29) is 11.1 Å². The lowest BCUT2D eigenvalue weighted by Gasteiger charge is -2.05. The highest BCUT2D eigenvalue weighted by Gasteiger charge is 2.07. The van der Waals surface area contributed by atoms with Gasteiger partial charge in [0.15, 0.2) is 14.9 Å². The highest BCUT2D eigenvalue weighted by molar-refractivity contribution is 7.90. The number of aromatic nitrogens is 1. The summed E-state index contributed by atoms with van der Waals surface area (Å²) in [7, 11) is -1.61. The molecular formula is C19H35NO5S. The zero-order valence-electron chi connectivity index (χ0n) is 17.2. The standard InChI is InChI=1S/C9H18O2.C8H11NO3S.C2H6/c1-4-9(10)6-5-7-11-8(2)3;1-12-6-7-3-4-8(9-5-7)13(2,10)11;1-2/h8H,4-7H2,1-3H3;3-5H,6H2,1-2H3;1-2H3. The zero-order valence-corrected chi connectivity index (χ0v) is 18.1. The van der Waals surface area contributed by atoms with Crippen LogP contribution in [-0.2, 0) is 30.7 Å². The van der Waals surface area contributed by atoms with Crippen molar-refractivity contribution in [2.24, 2.45) is 0 Å². The quantitative estimate of drug-likeness (QED) is 0.597. The number of hydrogen-bond donors (Lipinski definition) is 0. The Morgan fingerprint density at radius 3 is 2.23 bits per heavy atom. The molecule has 0 aromatic carbocycles. The van der Waals surface area contributed by atoms with Crippen LogP contribution in [0.4, 0.5) is 0 Å². The van der Waals surface area contributed by atoms with Crippen molar-refractivity contribution in [3.8, 4) is 0 Å². The molecule has 0 fully saturated rings. The lowest BCUT2D eigenvalue weighted by atomic mass is 10.2. The molecule has 0 saturated heterocycles. The largest absolute Gasteiger partial charge is 0.380 e. The van der Waals surface area contributed by atoms with E-state index in [1.807, 2.05) is 34.6 Å². The highest BCUT2D eigenvalue weighted by atomic mass is 32.2. The maximum Gasteiger partial charge on any atom is 0.192 e. The lowest BCUT2D eigenvalue weighted by molar-refractivity contribution is -0.119. The normalized spacial score (nSPS) is 10.5. The van der Waals surface area contributed by atoms with Gasteiger partial charge in [0, 0.05) is 39.0 Å². The zero-order chi connectivity index (χ0) is 20.6. The summed E-state index contributed by atoms with van der Waals surface area (Å²) in [6.07, 6.45) is 5.10. The molecule has 0 saturated carbocycles. The maximum atomic E-state index is 11.0. The second kappa shape index (κ2) is 15.9. The van der Waals surface area contributed by atoms with Crippen LogP contribution in [0, 0.1) is 0 Å². The van der Waals surface area contributed by atoms with E-state index < -0.39 is 9.84 Å². The van der Waals surface area contributed by atoms with Crippen LogP contribution < -0.4 is 0 Å². The molecule has 152 valence electrons. The number of ketones is 1. The van der Waals surface area contributed by atoms with Gasteiger partial charge in [0.25, 0.3) is 0 Å². The van der Waals surface area contributed by atoms with E-state index in [1.54, 1.807) is 13.2 Å². The number of Topliss-reactive ketones (excluding diaryl/α,β-unsaturated/α-hetero) is 1. The van der Waals surface area contributed by atoms with Crippen LogP contribution in [0.5, 0.6) is 0 Å². The van der Waals surface area contributed by atoms with E-state index in [2.05, 4.69) is 4.98 Å². The average molecular weight is 390 g/mol. The molecule has 0 amide bonds. The van der Waals surface area contributed by atoms with Gasteiger partial charge in [-0.2, -0.15) is 0 Å². The Balaban J connectivity index is 0. The Hall–Kier alpha value is -1.31. The molecule has 1 rings (SSSR count). The summed E-state index contributed by atoms with van der Waals surface area (Å²) in [4.78, 5) is 14.6. The summed E-state index contributed by atoms with van der Waals surface area (Å²) in [5.41, 5.74) is 0.856. The van der Waals surface area contributed by atoms with Crippen molar-refractivity contribution in [1.29, 1.82) is 0 Å². The first kappa shape index (κ1) is 26.9. The van der Waals surface area contributed by atoms with Gasteiger partial charge >= 0.3 is 0 Å². The first-order valence-electron chi connectivity index (χ1n) is 8.97. The first-order chi connectivity index (χ1) is 12.2. The van der Waals surface area contributed by atoms with Crippen molar-refractivity contribution in [2.75, 3.05) is 20.0 Å². The van der Waals surface area contributed by atoms with E-state index in [9.17, 15) is 13.2 Å². The number of carbonyl (C=O) groups is 1. The molecular weight excluding hydrogens is 354 g/mol. The van der Waals surface area contributed by atoms with Gasteiger partial charge in [-0.3, -0.25) is 4.79 Å². The third kappa shape index (κ3) is 15.0. The summed E-state index contributed by atoms with van der Waals surface area (Å²) < 4.78 is 32.2. The predicted octanol–water partition coefficient (Wildman–Crippen LogP) is 3.83. The van der Waals surface area contributed by atoms with Crippen molar-refractivity contribution in [2.45, 2.75) is 71.6 Å². The number of carbonyl (C=O) groups excluding carboxylic acids is 1. The molecule has 0 unspecified atom stereocenters. The second-order valence-electron chi connectivity index (χ2n) is 5.63. The Kier molecular flexibility index (Phi) is 16.5. The van der Waals surface area contributed by atoms with Gasteiger partial charge in [-0.05, 0) is 31.9 Å². The lowest BCUT2D eigenvalue weighted by Crippen LogP contribution is -2.05. The molecule has 0 atom stereocenters. The van der Waals surface area contributed by atoms with Crippen LogP contribution in [0.1, 0.15) is 59.4 Å². The van der Waals surface area contributed by atoms with Gasteiger partial charge in [-0.15, -0.1) is 0 Å². The molecule has 0 aliphatic heterocycles. The third-order valence-electron chi connectivity index (χ3n) is 2.93. The fraction of sp³-hybridized carbons (Fsp3) is 0.684. The summed E-state index contributed by atoms with van der Waals surface area (Å²) in [5, 5.41) is 0.0901. The molecule has 0 aliphatic rings. The van der Waals surface area contributed by atoms with E-state index in [4.69, 9.17) is 9.47 Å². The first-order valence-corrected chi connectivity index (χ1v) is 10.9. The van der Waals surface area contributed by atoms with E-state index >= 15 is 0 Å². The minimum atomic E-state index is -3.19. The Bertz CT molecular complexity index is 568. The monoisotopic (exact) mass is 389 g/mol. The van der Waals surface area contributed by atoms with Gasteiger partial charge in [-0.1, -0.05) is 26.8 Å². The molecule has 1 aromatic rings. The molecule has 0 radical (unpaired) electrons. The molecule has 0 N–H and O–H groups in total. The molecule has 0 aliphatic carbocycles. The molecule has 1 aromatic heterocycles. The molecule has 1 heterocycles. The molecule has 0 bridgehead atoms. The van der Waals surface area contributed by atoms with Crippen LogP contribution in [0.2, 0.25) is 0 Å². The van der Waals surface area contributed by atoms with Gasteiger partial charge < -0.3 is 9.47 Å². The van der Waals surface area contributed by atoms with Gasteiger partial charge in [0.1, 0.15) is 5.78 Å².